The molecule has 0 aliphatic heterocycles. The number of hydrogen-bond donors (Lipinski definition) is 0. The van der Waals surface area contributed by atoms with Gasteiger partial charge in [-0.1, -0.05) is 25.5 Å². The Balaban J connectivity index is 2.74. The SMILES string of the molecule is CCC(=CC(=O)Cc1ccc(F)c(Br)c1)CC. The summed E-state index contributed by atoms with van der Waals surface area (Å²) in [7, 11) is 0. The van der Waals surface area contributed by atoms with Gasteiger partial charge < -0.3 is 0 Å². The molecule has 0 bridgehead atoms. The van der Waals surface area contributed by atoms with Crippen molar-refractivity contribution in [2.75, 3.05) is 0 Å². The van der Waals surface area contributed by atoms with Gasteiger partial charge in [0.2, 0.25) is 0 Å². The van der Waals surface area contributed by atoms with Crippen molar-refractivity contribution in [3.63, 3.8) is 0 Å². The van der Waals surface area contributed by atoms with E-state index in [-0.39, 0.29) is 11.6 Å². The van der Waals surface area contributed by atoms with E-state index in [1.165, 1.54) is 6.07 Å². The molecule has 1 nitrogen and oxygen atoms in total. The molecule has 0 saturated carbocycles. The van der Waals surface area contributed by atoms with Crippen LogP contribution in [0.5, 0.6) is 0 Å². The van der Waals surface area contributed by atoms with Crippen LogP contribution in [0.1, 0.15) is 32.3 Å². The molecule has 0 aromatic heterocycles. The Morgan fingerprint density at radius 3 is 2.53 bits per heavy atom. The molecule has 17 heavy (non-hydrogen) atoms. The van der Waals surface area contributed by atoms with Crippen LogP contribution in [0.15, 0.2) is 34.3 Å². The van der Waals surface area contributed by atoms with Gasteiger partial charge in [0.05, 0.1) is 4.47 Å². The normalized spacial score (nSPS) is 10.1. The smallest absolute Gasteiger partial charge is 0.160 e. The number of rotatable bonds is 5. The fraction of sp³-hybridized carbons (Fsp3) is 0.357. The zero-order valence-corrected chi connectivity index (χ0v) is 11.7. The molecule has 1 aromatic rings. The summed E-state index contributed by atoms with van der Waals surface area (Å²) in [5.74, 6) is -0.234. The molecule has 0 aliphatic carbocycles. The molecular formula is C14H16BrFO. The minimum atomic E-state index is -0.306. The summed E-state index contributed by atoms with van der Waals surface area (Å²) in [6.07, 6.45) is 3.82. The summed E-state index contributed by atoms with van der Waals surface area (Å²) in [6.45, 7) is 4.08. The van der Waals surface area contributed by atoms with Crippen molar-refractivity contribution < 1.29 is 9.18 Å². The second-order valence-electron chi connectivity index (χ2n) is 3.90. The van der Waals surface area contributed by atoms with Crippen molar-refractivity contribution in [2.45, 2.75) is 33.1 Å². The molecule has 0 unspecified atom stereocenters. The largest absolute Gasteiger partial charge is 0.294 e. The highest BCUT2D eigenvalue weighted by Gasteiger charge is 2.05. The van der Waals surface area contributed by atoms with Gasteiger partial charge in [-0.15, -0.1) is 0 Å². The molecule has 3 heteroatoms. The number of benzene rings is 1. The maximum absolute atomic E-state index is 13.0. The highest BCUT2D eigenvalue weighted by atomic mass is 79.9. The van der Waals surface area contributed by atoms with Crippen LogP contribution in [-0.4, -0.2) is 5.78 Å². The lowest BCUT2D eigenvalue weighted by molar-refractivity contribution is -0.114. The highest BCUT2D eigenvalue weighted by Crippen LogP contribution is 2.17. The van der Waals surface area contributed by atoms with E-state index >= 15 is 0 Å². The number of carbonyl (C=O) groups is 1. The van der Waals surface area contributed by atoms with Gasteiger partial charge in [0.1, 0.15) is 5.82 Å². The molecule has 1 rings (SSSR count). The third kappa shape index (κ3) is 4.43. The molecule has 0 heterocycles. The first-order valence-electron chi connectivity index (χ1n) is 5.73. The molecule has 0 atom stereocenters. The molecule has 0 amide bonds. The van der Waals surface area contributed by atoms with Gasteiger partial charge in [-0.05, 0) is 52.5 Å². The number of halogens is 2. The molecule has 0 saturated heterocycles. The van der Waals surface area contributed by atoms with E-state index in [1.54, 1.807) is 18.2 Å². The van der Waals surface area contributed by atoms with Gasteiger partial charge in [0.15, 0.2) is 5.78 Å². The Hall–Kier alpha value is -0.960. The molecule has 0 fully saturated rings. The maximum Gasteiger partial charge on any atom is 0.160 e. The number of allylic oxidation sites excluding steroid dienone is 2. The summed E-state index contributed by atoms with van der Waals surface area (Å²) >= 11 is 3.11. The predicted molar refractivity (Wildman–Crippen MR) is 71.5 cm³/mol. The first kappa shape index (κ1) is 14.1. The Kier molecular flexibility index (Phi) is 5.56. The number of hydrogen-bond acceptors (Lipinski definition) is 1. The van der Waals surface area contributed by atoms with Crippen molar-refractivity contribution in [3.8, 4) is 0 Å². The van der Waals surface area contributed by atoms with Gasteiger partial charge >= 0.3 is 0 Å². The summed E-state index contributed by atoms with van der Waals surface area (Å²) in [5, 5.41) is 0. The van der Waals surface area contributed by atoms with Crippen LogP contribution < -0.4 is 0 Å². The van der Waals surface area contributed by atoms with Crippen LogP contribution >= 0.6 is 15.9 Å². The van der Waals surface area contributed by atoms with Gasteiger partial charge in [-0.25, -0.2) is 4.39 Å². The van der Waals surface area contributed by atoms with Crippen molar-refractivity contribution in [3.05, 3.63) is 45.7 Å². The summed E-state index contributed by atoms with van der Waals surface area (Å²) in [4.78, 5) is 11.8. The van der Waals surface area contributed by atoms with E-state index < -0.39 is 0 Å². The summed E-state index contributed by atoms with van der Waals surface area (Å²) < 4.78 is 13.4. The van der Waals surface area contributed by atoms with Crippen LogP contribution in [0.2, 0.25) is 0 Å². The molecule has 1 aromatic carbocycles. The van der Waals surface area contributed by atoms with Crippen LogP contribution in [0.25, 0.3) is 0 Å². The topological polar surface area (TPSA) is 17.1 Å². The van der Waals surface area contributed by atoms with Crippen molar-refractivity contribution in [2.24, 2.45) is 0 Å². The van der Waals surface area contributed by atoms with Crippen LogP contribution in [0, 0.1) is 5.82 Å². The summed E-state index contributed by atoms with van der Waals surface area (Å²) in [6, 6.07) is 4.67. The highest BCUT2D eigenvalue weighted by molar-refractivity contribution is 9.10. The lowest BCUT2D eigenvalue weighted by Gasteiger charge is -2.02. The Labute approximate surface area is 110 Å². The van der Waals surface area contributed by atoms with Crippen LogP contribution in [0.4, 0.5) is 4.39 Å². The van der Waals surface area contributed by atoms with Crippen molar-refractivity contribution in [1.82, 2.24) is 0 Å². The third-order valence-electron chi connectivity index (χ3n) is 2.64. The fourth-order valence-electron chi connectivity index (χ4n) is 1.58. The second-order valence-corrected chi connectivity index (χ2v) is 4.76. The summed E-state index contributed by atoms with van der Waals surface area (Å²) in [5.41, 5.74) is 1.97. The van der Waals surface area contributed by atoms with Gasteiger partial charge in [0.25, 0.3) is 0 Å². The first-order valence-corrected chi connectivity index (χ1v) is 6.52. The van der Waals surface area contributed by atoms with Gasteiger partial charge in [0, 0.05) is 6.42 Å². The number of carbonyl (C=O) groups excluding carboxylic acids is 1. The Morgan fingerprint density at radius 2 is 2.00 bits per heavy atom. The van der Waals surface area contributed by atoms with Gasteiger partial charge in [-0.2, -0.15) is 0 Å². The van der Waals surface area contributed by atoms with E-state index in [0.29, 0.717) is 10.9 Å². The van der Waals surface area contributed by atoms with Crippen LogP contribution in [-0.2, 0) is 11.2 Å². The zero-order chi connectivity index (χ0) is 12.8. The molecule has 0 N–H and O–H groups in total. The van der Waals surface area contributed by atoms with E-state index in [9.17, 15) is 9.18 Å². The minimum absolute atomic E-state index is 0.0715. The predicted octanol–water partition coefficient (Wildman–Crippen LogP) is 4.45. The number of ketones is 1. The molecule has 0 aliphatic rings. The van der Waals surface area contributed by atoms with Crippen LogP contribution in [0.3, 0.4) is 0 Å². The van der Waals surface area contributed by atoms with E-state index in [2.05, 4.69) is 15.9 Å². The first-order chi connectivity index (χ1) is 8.06. The average molecular weight is 299 g/mol. The lowest BCUT2D eigenvalue weighted by Crippen LogP contribution is -2.00. The van der Waals surface area contributed by atoms with E-state index in [4.69, 9.17) is 0 Å². The standard InChI is InChI=1S/C14H16BrFO/c1-3-10(4-2)7-12(17)8-11-5-6-14(16)13(15)9-11/h5-7,9H,3-4,8H2,1-2H3. The average Bonchev–Trinajstić information content (AvgIpc) is 2.31. The van der Waals surface area contributed by atoms with E-state index in [1.807, 2.05) is 13.8 Å². The lowest BCUT2D eigenvalue weighted by atomic mass is 10.0. The third-order valence-corrected chi connectivity index (χ3v) is 3.24. The second kappa shape index (κ2) is 6.70. The van der Waals surface area contributed by atoms with Crippen molar-refractivity contribution in [1.29, 1.82) is 0 Å². The zero-order valence-electron chi connectivity index (χ0n) is 10.1. The minimum Gasteiger partial charge on any atom is -0.294 e. The van der Waals surface area contributed by atoms with Gasteiger partial charge in [-0.3, -0.25) is 4.79 Å². The Morgan fingerprint density at radius 1 is 1.35 bits per heavy atom. The quantitative estimate of drug-likeness (QED) is 0.734. The fourth-order valence-corrected chi connectivity index (χ4v) is 2.01. The molecule has 0 radical (unpaired) electrons. The van der Waals surface area contributed by atoms with E-state index in [0.717, 1.165) is 24.0 Å². The molecular weight excluding hydrogens is 283 g/mol. The van der Waals surface area contributed by atoms with Crippen molar-refractivity contribution >= 4 is 21.7 Å². The maximum atomic E-state index is 13.0. The molecule has 92 valence electrons. The monoisotopic (exact) mass is 298 g/mol. The Bertz CT molecular complexity index is 432. The molecule has 0 spiro atoms.